The van der Waals surface area contributed by atoms with Gasteiger partial charge in [-0.2, -0.15) is 4.68 Å². The Morgan fingerprint density at radius 3 is 2.58 bits per heavy atom. The molecule has 0 saturated carbocycles. The summed E-state index contributed by atoms with van der Waals surface area (Å²) in [6, 6.07) is 19.1. The molecule has 7 heteroatoms. The van der Waals surface area contributed by atoms with Gasteiger partial charge < -0.3 is 14.8 Å². The second kappa shape index (κ2) is 8.58. The van der Waals surface area contributed by atoms with Crippen LogP contribution < -0.4 is 10.5 Å². The van der Waals surface area contributed by atoms with Crippen LogP contribution in [-0.4, -0.2) is 51.8 Å². The molecular weight excluding hydrogens is 414 g/mol. The molecule has 168 valence electrons. The number of hydrogen-bond donors (Lipinski definition) is 1. The van der Waals surface area contributed by atoms with E-state index >= 15 is 0 Å². The molecule has 1 amide bonds. The Morgan fingerprint density at radius 1 is 0.909 bits per heavy atom. The molecule has 2 aromatic heterocycles. The lowest BCUT2D eigenvalue weighted by atomic mass is 10.1. The number of para-hydroxylation sites is 1. The number of aromatic amines is 1. The monoisotopic (exact) mass is 441 g/mol. The maximum Gasteiger partial charge on any atom is 0.271 e. The Labute approximate surface area is 192 Å². The Balaban J connectivity index is 1.35. The number of carbonyl (C=O) groups is 1. The van der Waals surface area contributed by atoms with Gasteiger partial charge >= 0.3 is 0 Å². The van der Waals surface area contributed by atoms with Crippen molar-refractivity contribution < 1.29 is 4.79 Å². The number of H-pyrrole nitrogens is 1. The van der Waals surface area contributed by atoms with Crippen molar-refractivity contribution in [2.45, 2.75) is 20.3 Å². The lowest BCUT2D eigenvalue weighted by molar-refractivity contribution is 0.0762. The van der Waals surface area contributed by atoms with E-state index in [-0.39, 0.29) is 11.5 Å². The number of amides is 1. The highest BCUT2D eigenvalue weighted by molar-refractivity contribution is 5.98. The molecule has 3 heterocycles. The van der Waals surface area contributed by atoms with Crippen LogP contribution >= 0.6 is 0 Å². The average molecular weight is 442 g/mol. The van der Waals surface area contributed by atoms with Gasteiger partial charge in [0.05, 0.1) is 5.69 Å². The van der Waals surface area contributed by atoms with Gasteiger partial charge in [-0.15, -0.1) is 5.10 Å². The van der Waals surface area contributed by atoms with Gasteiger partial charge in [0.2, 0.25) is 0 Å². The van der Waals surface area contributed by atoms with Crippen molar-refractivity contribution in [1.82, 2.24) is 19.7 Å². The smallest absolute Gasteiger partial charge is 0.271 e. The van der Waals surface area contributed by atoms with E-state index < -0.39 is 0 Å². The highest BCUT2D eigenvalue weighted by Crippen LogP contribution is 2.19. The first-order valence-electron chi connectivity index (χ1n) is 11.3. The first-order valence-corrected chi connectivity index (χ1v) is 11.3. The molecular formula is C26H27N5O2. The number of fused-ring (bicyclic) bond motifs is 1. The minimum atomic E-state index is -0.160. The molecule has 0 radical (unpaired) electrons. The molecule has 1 fully saturated rings. The van der Waals surface area contributed by atoms with Crippen molar-refractivity contribution in [1.29, 1.82) is 0 Å². The maximum absolute atomic E-state index is 13.1. The van der Waals surface area contributed by atoms with Crippen LogP contribution in [0.1, 0.15) is 28.0 Å². The average Bonchev–Trinajstić information content (AvgIpc) is 3.11. The van der Waals surface area contributed by atoms with Gasteiger partial charge in [0.1, 0.15) is 11.5 Å². The minimum Gasteiger partial charge on any atom is -0.353 e. The largest absolute Gasteiger partial charge is 0.353 e. The van der Waals surface area contributed by atoms with Crippen LogP contribution in [0, 0.1) is 13.8 Å². The maximum atomic E-state index is 13.1. The summed E-state index contributed by atoms with van der Waals surface area (Å²) in [5.41, 5.74) is 4.48. The number of anilines is 1. The number of nitrogens with zero attached hydrogens (tertiary/aromatic N) is 4. The third-order valence-corrected chi connectivity index (χ3v) is 6.39. The van der Waals surface area contributed by atoms with Crippen molar-refractivity contribution in [2.75, 3.05) is 31.1 Å². The number of nitrogens with one attached hydrogen (secondary N) is 1. The minimum absolute atomic E-state index is 0.0149. The van der Waals surface area contributed by atoms with Gasteiger partial charge in [0, 0.05) is 43.1 Å². The Bertz CT molecular complexity index is 1350. The number of hydrogen-bond acceptors (Lipinski definition) is 4. The Hall–Kier alpha value is -3.87. The van der Waals surface area contributed by atoms with E-state index in [2.05, 4.69) is 15.0 Å². The highest BCUT2D eigenvalue weighted by Gasteiger charge is 2.22. The van der Waals surface area contributed by atoms with Crippen molar-refractivity contribution in [3.05, 3.63) is 87.8 Å². The molecule has 0 unspecified atom stereocenters. The van der Waals surface area contributed by atoms with E-state index in [9.17, 15) is 9.59 Å². The lowest BCUT2D eigenvalue weighted by Crippen LogP contribution is -2.36. The number of carbonyl (C=O) groups excluding carboxylic acids is 1. The van der Waals surface area contributed by atoms with E-state index in [1.807, 2.05) is 67.3 Å². The van der Waals surface area contributed by atoms with Crippen molar-refractivity contribution in [3.63, 3.8) is 0 Å². The molecule has 1 aliphatic rings. The lowest BCUT2D eigenvalue weighted by Gasteiger charge is -2.23. The molecule has 33 heavy (non-hydrogen) atoms. The van der Waals surface area contributed by atoms with Gasteiger partial charge in [-0.3, -0.25) is 9.59 Å². The summed E-state index contributed by atoms with van der Waals surface area (Å²) in [4.78, 5) is 32.9. The summed E-state index contributed by atoms with van der Waals surface area (Å²) in [5, 5.41) is 5.69. The van der Waals surface area contributed by atoms with Gasteiger partial charge in [-0.1, -0.05) is 24.3 Å². The molecule has 4 aromatic rings. The zero-order valence-corrected chi connectivity index (χ0v) is 18.9. The fourth-order valence-electron chi connectivity index (χ4n) is 4.32. The molecule has 1 N–H and O–H groups in total. The normalized spacial score (nSPS) is 14.5. The SMILES string of the molecule is Cc1ccc(-n2nc(N3CCCN(C(=O)c4cc5ccccc5[nH]4)CC3)ccc2=O)cc1C. The predicted molar refractivity (Wildman–Crippen MR) is 130 cm³/mol. The van der Waals surface area contributed by atoms with Crippen LogP contribution in [0.15, 0.2) is 65.5 Å². The molecule has 0 aliphatic carbocycles. The molecule has 7 nitrogen and oxygen atoms in total. The van der Waals surface area contributed by atoms with Crippen molar-refractivity contribution >= 4 is 22.6 Å². The summed E-state index contributed by atoms with van der Waals surface area (Å²) in [7, 11) is 0. The van der Waals surface area contributed by atoms with Crippen LogP contribution in [0.25, 0.3) is 16.6 Å². The van der Waals surface area contributed by atoms with Gasteiger partial charge in [0.15, 0.2) is 0 Å². The molecule has 0 bridgehead atoms. The van der Waals surface area contributed by atoms with Gasteiger partial charge in [-0.25, -0.2) is 0 Å². The number of aromatic nitrogens is 3. The predicted octanol–water partition coefficient (Wildman–Crippen LogP) is 3.68. The summed E-state index contributed by atoms with van der Waals surface area (Å²) in [6.07, 6.45) is 0.830. The highest BCUT2D eigenvalue weighted by atomic mass is 16.2. The zero-order valence-electron chi connectivity index (χ0n) is 18.9. The molecule has 1 saturated heterocycles. The van der Waals surface area contributed by atoms with Crippen molar-refractivity contribution in [2.24, 2.45) is 0 Å². The number of rotatable bonds is 3. The quantitative estimate of drug-likeness (QED) is 0.526. The van der Waals surface area contributed by atoms with Gasteiger partial charge in [-0.05, 0) is 61.7 Å². The van der Waals surface area contributed by atoms with Crippen LogP contribution in [0.4, 0.5) is 5.82 Å². The second-order valence-corrected chi connectivity index (χ2v) is 8.61. The summed E-state index contributed by atoms with van der Waals surface area (Å²) < 4.78 is 1.46. The fraction of sp³-hybridized carbons (Fsp3) is 0.269. The topological polar surface area (TPSA) is 74.2 Å². The molecule has 5 rings (SSSR count). The van der Waals surface area contributed by atoms with Crippen LogP contribution in [0.2, 0.25) is 0 Å². The third kappa shape index (κ3) is 4.14. The first-order chi connectivity index (χ1) is 16.0. The third-order valence-electron chi connectivity index (χ3n) is 6.39. The van der Waals surface area contributed by atoms with E-state index in [0.717, 1.165) is 40.9 Å². The number of aryl methyl sites for hydroxylation is 2. The molecule has 0 spiro atoms. The molecule has 0 atom stereocenters. The van der Waals surface area contributed by atoms with Crippen LogP contribution in [0.3, 0.4) is 0 Å². The van der Waals surface area contributed by atoms with Crippen LogP contribution in [-0.2, 0) is 0 Å². The van der Waals surface area contributed by atoms with E-state index in [1.54, 1.807) is 12.1 Å². The van der Waals surface area contributed by atoms with E-state index in [1.165, 1.54) is 10.2 Å². The van der Waals surface area contributed by atoms with Gasteiger partial charge in [0.25, 0.3) is 11.5 Å². The van der Waals surface area contributed by atoms with E-state index in [4.69, 9.17) is 0 Å². The number of benzene rings is 2. The Kier molecular flexibility index (Phi) is 5.46. The summed E-state index contributed by atoms with van der Waals surface area (Å²) in [6.45, 7) is 6.78. The fourth-order valence-corrected chi connectivity index (χ4v) is 4.32. The second-order valence-electron chi connectivity index (χ2n) is 8.61. The molecule has 1 aliphatic heterocycles. The first kappa shape index (κ1) is 21.0. The molecule has 2 aromatic carbocycles. The van der Waals surface area contributed by atoms with Crippen molar-refractivity contribution in [3.8, 4) is 5.69 Å². The zero-order chi connectivity index (χ0) is 22.9. The standard InChI is InChI=1S/C26H27N5O2/c1-18-8-9-21(16-19(18)2)31-25(32)11-10-24(28-31)29-12-5-13-30(15-14-29)26(33)23-17-20-6-3-4-7-22(20)27-23/h3-4,6-11,16-17,27H,5,12-15H2,1-2H3. The Morgan fingerprint density at radius 2 is 1.76 bits per heavy atom. The van der Waals surface area contributed by atoms with E-state index in [0.29, 0.717) is 25.3 Å². The summed E-state index contributed by atoms with van der Waals surface area (Å²) >= 11 is 0. The van der Waals surface area contributed by atoms with Crippen LogP contribution in [0.5, 0.6) is 0 Å². The summed E-state index contributed by atoms with van der Waals surface area (Å²) in [5.74, 6) is 0.758.